The van der Waals surface area contributed by atoms with Crippen LogP contribution < -0.4 is 19.7 Å². The standard InChI is InChI=1S/C26H19ClN2O7/c1-35-22-13-15(5-10-21(22)36-14-16-3-2-4-18(27)11-16)12-20-23(30)28-26(34)29(24(20)31)19-8-6-17(7-9-19)25(32)33/h2-13H,14H2,1H3,(H,32,33)(H,28,30,34)/b20-12+. The van der Waals surface area contributed by atoms with Crippen LogP contribution in [0.4, 0.5) is 10.5 Å². The van der Waals surface area contributed by atoms with Gasteiger partial charge in [0.15, 0.2) is 11.5 Å². The Morgan fingerprint density at radius 2 is 1.78 bits per heavy atom. The van der Waals surface area contributed by atoms with Gasteiger partial charge in [-0.05, 0) is 65.7 Å². The number of aromatic carboxylic acids is 1. The number of hydrogen-bond donors (Lipinski definition) is 2. The predicted octanol–water partition coefficient (Wildman–Crippen LogP) is 4.29. The summed E-state index contributed by atoms with van der Waals surface area (Å²) in [5, 5.41) is 11.8. The number of amides is 4. The Morgan fingerprint density at radius 3 is 2.44 bits per heavy atom. The first-order valence-corrected chi connectivity index (χ1v) is 10.9. The number of anilines is 1. The molecular weight excluding hydrogens is 488 g/mol. The maximum atomic E-state index is 13.1. The number of urea groups is 1. The van der Waals surface area contributed by atoms with Crippen LogP contribution in [0.2, 0.25) is 5.02 Å². The molecule has 1 aliphatic heterocycles. The smallest absolute Gasteiger partial charge is 0.335 e. The fourth-order valence-electron chi connectivity index (χ4n) is 3.49. The summed E-state index contributed by atoms with van der Waals surface area (Å²) in [6.07, 6.45) is 1.33. The Labute approximate surface area is 210 Å². The summed E-state index contributed by atoms with van der Waals surface area (Å²) in [4.78, 5) is 49.7. The molecule has 3 aromatic rings. The molecule has 10 heteroatoms. The van der Waals surface area contributed by atoms with Crippen LogP contribution in [0.1, 0.15) is 21.5 Å². The third kappa shape index (κ3) is 5.21. The molecule has 0 spiro atoms. The van der Waals surface area contributed by atoms with Gasteiger partial charge in [0.05, 0.1) is 18.4 Å². The van der Waals surface area contributed by atoms with E-state index in [0.717, 1.165) is 10.5 Å². The predicted molar refractivity (Wildman–Crippen MR) is 131 cm³/mol. The number of carboxylic acid groups (broad SMARTS) is 1. The molecule has 0 aromatic heterocycles. The Bertz CT molecular complexity index is 1400. The molecule has 1 fully saturated rings. The molecule has 182 valence electrons. The lowest BCUT2D eigenvalue weighted by Crippen LogP contribution is -2.54. The van der Waals surface area contributed by atoms with E-state index in [4.69, 9.17) is 26.2 Å². The lowest BCUT2D eigenvalue weighted by atomic mass is 10.1. The maximum Gasteiger partial charge on any atom is 0.335 e. The molecule has 1 heterocycles. The van der Waals surface area contributed by atoms with Crippen LogP contribution in [-0.2, 0) is 16.2 Å². The summed E-state index contributed by atoms with van der Waals surface area (Å²) in [5.74, 6) is -2.06. The molecule has 3 aromatic carbocycles. The van der Waals surface area contributed by atoms with Crippen LogP contribution in [0, 0.1) is 0 Å². The number of hydrogen-bond acceptors (Lipinski definition) is 6. The monoisotopic (exact) mass is 506 g/mol. The molecule has 0 radical (unpaired) electrons. The second kappa shape index (κ2) is 10.3. The molecule has 9 nitrogen and oxygen atoms in total. The zero-order chi connectivity index (χ0) is 25.8. The van der Waals surface area contributed by atoms with Crippen molar-refractivity contribution in [1.29, 1.82) is 0 Å². The summed E-state index contributed by atoms with van der Waals surface area (Å²) in [7, 11) is 1.46. The van der Waals surface area contributed by atoms with Gasteiger partial charge in [0, 0.05) is 5.02 Å². The first kappa shape index (κ1) is 24.5. The Hall–Kier alpha value is -4.63. The van der Waals surface area contributed by atoms with E-state index in [1.807, 2.05) is 12.1 Å². The van der Waals surface area contributed by atoms with Gasteiger partial charge in [-0.1, -0.05) is 29.8 Å². The molecule has 0 bridgehead atoms. The zero-order valence-electron chi connectivity index (χ0n) is 18.9. The van der Waals surface area contributed by atoms with Crippen LogP contribution in [0.15, 0.2) is 72.3 Å². The van der Waals surface area contributed by atoms with Crippen molar-refractivity contribution in [2.45, 2.75) is 6.61 Å². The third-order valence-electron chi connectivity index (χ3n) is 5.26. The van der Waals surface area contributed by atoms with Crippen molar-refractivity contribution in [2.24, 2.45) is 0 Å². The molecular formula is C26H19ClN2O7. The van der Waals surface area contributed by atoms with Gasteiger partial charge in [0.1, 0.15) is 12.2 Å². The van der Waals surface area contributed by atoms with E-state index in [0.29, 0.717) is 22.1 Å². The van der Waals surface area contributed by atoms with Crippen molar-refractivity contribution in [2.75, 3.05) is 12.0 Å². The number of ether oxygens (including phenoxy) is 2. The first-order chi connectivity index (χ1) is 17.3. The average molecular weight is 507 g/mol. The summed E-state index contributed by atoms with van der Waals surface area (Å²) in [6.45, 7) is 0.246. The van der Waals surface area contributed by atoms with Gasteiger partial charge in [0.2, 0.25) is 0 Å². The molecule has 0 aliphatic carbocycles. The third-order valence-corrected chi connectivity index (χ3v) is 5.49. The number of carboxylic acids is 1. The minimum atomic E-state index is -1.15. The number of nitrogens with one attached hydrogen (secondary N) is 1. The fraction of sp³-hybridized carbons (Fsp3) is 0.0769. The van der Waals surface area contributed by atoms with Crippen molar-refractivity contribution < 1.29 is 33.8 Å². The molecule has 0 unspecified atom stereocenters. The number of rotatable bonds is 7. The van der Waals surface area contributed by atoms with Gasteiger partial charge in [0.25, 0.3) is 11.8 Å². The summed E-state index contributed by atoms with van der Waals surface area (Å²) in [5.41, 5.74) is 1.13. The summed E-state index contributed by atoms with van der Waals surface area (Å²) >= 11 is 6.01. The van der Waals surface area contributed by atoms with E-state index >= 15 is 0 Å². The summed E-state index contributed by atoms with van der Waals surface area (Å²) < 4.78 is 11.2. The number of benzene rings is 3. The first-order valence-electron chi connectivity index (χ1n) is 10.6. The topological polar surface area (TPSA) is 122 Å². The highest BCUT2D eigenvalue weighted by Gasteiger charge is 2.36. The van der Waals surface area contributed by atoms with Crippen LogP contribution in [0.3, 0.4) is 0 Å². The van der Waals surface area contributed by atoms with Gasteiger partial charge in [-0.2, -0.15) is 0 Å². The van der Waals surface area contributed by atoms with E-state index < -0.39 is 23.8 Å². The number of methoxy groups -OCH3 is 1. The fourth-order valence-corrected chi connectivity index (χ4v) is 3.71. The minimum Gasteiger partial charge on any atom is -0.493 e. The van der Waals surface area contributed by atoms with Crippen LogP contribution in [-0.4, -0.2) is 36.0 Å². The molecule has 1 aliphatic rings. The lowest BCUT2D eigenvalue weighted by Gasteiger charge is -2.26. The normalized spacial score (nSPS) is 14.6. The maximum absolute atomic E-state index is 13.1. The molecule has 0 atom stereocenters. The van der Waals surface area contributed by atoms with Gasteiger partial charge in [-0.25, -0.2) is 14.5 Å². The van der Waals surface area contributed by atoms with Crippen molar-refractivity contribution >= 4 is 47.2 Å². The van der Waals surface area contributed by atoms with E-state index in [2.05, 4.69) is 5.32 Å². The van der Waals surface area contributed by atoms with E-state index in [-0.39, 0.29) is 23.4 Å². The number of nitrogens with zero attached hydrogens (tertiary/aromatic N) is 1. The van der Waals surface area contributed by atoms with Gasteiger partial charge >= 0.3 is 12.0 Å². The highest BCUT2D eigenvalue weighted by atomic mass is 35.5. The molecule has 4 amide bonds. The number of carbonyl (C=O) groups is 4. The molecule has 0 saturated carbocycles. The van der Waals surface area contributed by atoms with Crippen LogP contribution in [0.25, 0.3) is 6.08 Å². The number of carbonyl (C=O) groups excluding carboxylic acids is 3. The highest BCUT2D eigenvalue weighted by molar-refractivity contribution is 6.39. The molecule has 2 N–H and O–H groups in total. The number of barbiturate groups is 1. The quantitative estimate of drug-likeness (QED) is 0.362. The average Bonchev–Trinajstić information content (AvgIpc) is 2.86. The van der Waals surface area contributed by atoms with Gasteiger partial charge < -0.3 is 14.6 Å². The second-order valence-electron chi connectivity index (χ2n) is 7.64. The lowest BCUT2D eigenvalue weighted by molar-refractivity contribution is -0.122. The largest absolute Gasteiger partial charge is 0.493 e. The Morgan fingerprint density at radius 1 is 1.03 bits per heavy atom. The highest BCUT2D eigenvalue weighted by Crippen LogP contribution is 2.31. The van der Waals surface area contributed by atoms with E-state index in [9.17, 15) is 19.2 Å². The van der Waals surface area contributed by atoms with Crippen LogP contribution in [0.5, 0.6) is 11.5 Å². The minimum absolute atomic E-state index is 0.0137. The van der Waals surface area contributed by atoms with Crippen molar-refractivity contribution in [1.82, 2.24) is 5.32 Å². The summed E-state index contributed by atoms with van der Waals surface area (Å²) in [6, 6.07) is 16.3. The SMILES string of the molecule is COc1cc(/C=C2\C(=O)NC(=O)N(c3ccc(C(=O)O)cc3)C2=O)ccc1OCc1cccc(Cl)c1. The molecule has 4 rings (SSSR count). The van der Waals surface area contributed by atoms with Crippen molar-refractivity contribution in [3.63, 3.8) is 0 Å². The van der Waals surface area contributed by atoms with Gasteiger partial charge in [-0.3, -0.25) is 14.9 Å². The van der Waals surface area contributed by atoms with Crippen molar-refractivity contribution in [3.8, 4) is 11.5 Å². The molecule has 36 heavy (non-hydrogen) atoms. The molecule has 1 saturated heterocycles. The van der Waals surface area contributed by atoms with Gasteiger partial charge in [-0.15, -0.1) is 0 Å². The van der Waals surface area contributed by atoms with Crippen LogP contribution >= 0.6 is 11.6 Å². The van der Waals surface area contributed by atoms with Crippen molar-refractivity contribution in [3.05, 3.63) is 94.0 Å². The van der Waals surface area contributed by atoms with E-state index in [1.54, 1.807) is 30.3 Å². The second-order valence-corrected chi connectivity index (χ2v) is 8.08. The zero-order valence-corrected chi connectivity index (χ0v) is 19.6. The Balaban J connectivity index is 1.58. The number of halogens is 1. The Kier molecular flexibility index (Phi) is 7.03. The van der Waals surface area contributed by atoms with E-state index in [1.165, 1.54) is 37.5 Å². The number of imide groups is 2.